The van der Waals surface area contributed by atoms with Gasteiger partial charge in [-0.15, -0.1) is 0 Å². The van der Waals surface area contributed by atoms with Gasteiger partial charge in [0.2, 0.25) is 0 Å². The number of benzene rings is 2. The Morgan fingerprint density at radius 1 is 1.21 bits per heavy atom. The molecule has 0 radical (unpaired) electrons. The van der Waals surface area contributed by atoms with Crippen molar-refractivity contribution in [1.82, 2.24) is 9.88 Å². The molecule has 2 aromatic carbocycles. The molecule has 0 N–H and O–H groups in total. The van der Waals surface area contributed by atoms with Gasteiger partial charge < -0.3 is 4.90 Å². The van der Waals surface area contributed by atoms with Crippen molar-refractivity contribution in [3.05, 3.63) is 75.9 Å². The molecule has 0 saturated carbocycles. The number of nitrogens with zero attached hydrogens (tertiary/aromatic N) is 3. The van der Waals surface area contributed by atoms with Crippen molar-refractivity contribution in [1.29, 1.82) is 5.26 Å². The Labute approximate surface area is 175 Å². The normalized spacial score (nSPS) is 14.0. The molecule has 4 nitrogen and oxygen atoms in total. The maximum atomic E-state index is 13.3. The van der Waals surface area contributed by atoms with Crippen LogP contribution in [0, 0.1) is 11.3 Å². The van der Waals surface area contributed by atoms with E-state index in [-0.39, 0.29) is 5.91 Å². The van der Waals surface area contributed by atoms with E-state index in [1.54, 1.807) is 11.9 Å². The van der Waals surface area contributed by atoms with Gasteiger partial charge in [0.15, 0.2) is 0 Å². The fraction of sp³-hybridized carbons (Fsp3) is 0.208. The number of carbonyl (C=O) groups is 1. The number of rotatable bonds is 4. The van der Waals surface area contributed by atoms with Gasteiger partial charge >= 0.3 is 0 Å². The standard InChI is InChI=1S/C24H20ClN3O/c1-28(14-4-13-26)24(29)22-19-5-2-3-6-21(19)27-23-17(9-12-20(22)23)15-16-7-10-18(25)11-8-16/h2-3,5-8,10-11,15H,4,9,12,14H2,1H3. The minimum atomic E-state index is -0.0529. The number of para-hydroxylation sites is 1. The first-order valence-electron chi connectivity index (χ1n) is 9.59. The molecule has 0 saturated heterocycles. The summed E-state index contributed by atoms with van der Waals surface area (Å²) < 4.78 is 0. The summed E-state index contributed by atoms with van der Waals surface area (Å²) in [6, 6.07) is 17.6. The second-order valence-corrected chi connectivity index (χ2v) is 7.62. The lowest BCUT2D eigenvalue weighted by Crippen LogP contribution is -2.28. The van der Waals surface area contributed by atoms with Gasteiger partial charge in [0.1, 0.15) is 0 Å². The summed E-state index contributed by atoms with van der Waals surface area (Å²) in [6.07, 6.45) is 4.05. The van der Waals surface area contributed by atoms with Crippen LogP contribution in [0.5, 0.6) is 0 Å². The quantitative estimate of drug-likeness (QED) is 0.591. The molecule has 29 heavy (non-hydrogen) atoms. The van der Waals surface area contributed by atoms with Crippen molar-refractivity contribution in [3.63, 3.8) is 0 Å². The van der Waals surface area contributed by atoms with Crippen LogP contribution in [0.1, 0.15) is 40.0 Å². The van der Waals surface area contributed by atoms with Crippen LogP contribution < -0.4 is 0 Å². The Bertz CT molecular complexity index is 1160. The molecule has 3 aromatic rings. The van der Waals surface area contributed by atoms with Crippen LogP contribution in [0.25, 0.3) is 22.6 Å². The summed E-state index contributed by atoms with van der Waals surface area (Å²) in [4.78, 5) is 19.8. The molecular weight excluding hydrogens is 382 g/mol. The number of fused-ring (bicyclic) bond motifs is 2. The summed E-state index contributed by atoms with van der Waals surface area (Å²) in [5, 5.41) is 10.4. The van der Waals surface area contributed by atoms with Gasteiger partial charge in [-0.1, -0.05) is 41.9 Å². The van der Waals surface area contributed by atoms with Crippen molar-refractivity contribution in [3.8, 4) is 6.07 Å². The molecule has 0 unspecified atom stereocenters. The lowest BCUT2D eigenvalue weighted by atomic mass is 9.99. The molecule has 0 fully saturated rings. The molecule has 4 rings (SSSR count). The van der Waals surface area contributed by atoms with E-state index >= 15 is 0 Å². The van der Waals surface area contributed by atoms with Gasteiger partial charge in [-0.25, -0.2) is 4.98 Å². The second-order valence-electron chi connectivity index (χ2n) is 7.19. The van der Waals surface area contributed by atoms with Gasteiger partial charge in [0.05, 0.1) is 29.3 Å². The fourth-order valence-electron chi connectivity index (χ4n) is 3.79. The molecule has 1 heterocycles. The number of hydrogen-bond donors (Lipinski definition) is 0. The second kappa shape index (κ2) is 8.06. The average Bonchev–Trinajstić information content (AvgIpc) is 3.13. The van der Waals surface area contributed by atoms with E-state index in [0.717, 1.165) is 46.1 Å². The molecule has 0 aliphatic heterocycles. The summed E-state index contributed by atoms with van der Waals surface area (Å²) in [7, 11) is 1.75. The smallest absolute Gasteiger partial charge is 0.254 e. The summed E-state index contributed by atoms with van der Waals surface area (Å²) >= 11 is 6.00. The molecule has 0 atom stereocenters. The molecule has 0 spiro atoms. The summed E-state index contributed by atoms with van der Waals surface area (Å²) in [6.45, 7) is 0.411. The van der Waals surface area contributed by atoms with Gasteiger partial charge in [-0.05, 0) is 53.8 Å². The first kappa shape index (κ1) is 19.2. The first-order chi connectivity index (χ1) is 14.1. The monoisotopic (exact) mass is 401 g/mol. The van der Waals surface area contributed by atoms with E-state index in [2.05, 4.69) is 12.1 Å². The van der Waals surface area contributed by atoms with Gasteiger partial charge in [0, 0.05) is 24.0 Å². The molecule has 5 heteroatoms. The van der Waals surface area contributed by atoms with Gasteiger partial charge in [0.25, 0.3) is 5.91 Å². The number of allylic oxidation sites excluding steroid dienone is 1. The predicted molar refractivity (Wildman–Crippen MR) is 117 cm³/mol. The Morgan fingerprint density at radius 3 is 2.72 bits per heavy atom. The number of carbonyl (C=O) groups excluding carboxylic acids is 1. The van der Waals surface area contributed by atoms with E-state index in [4.69, 9.17) is 21.8 Å². The number of halogens is 1. The van der Waals surface area contributed by atoms with Crippen molar-refractivity contribution in [2.75, 3.05) is 13.6 Å². The third kappa shape index (κ3) is 3.74. The summed E-state index contributed by atoms with van der Waals surface area (Å²) in [5.41, 5.74) is 5.61. The Morgan fingerprint density at radius 2 is 1.97 bits per heavy atom. The van der Waals surface area contributed by atoms with E-state index in [9.17, 15) is 4.79 Å². The predicted octanol–water partition coefficient (Wildman–Crippen LogP) is 5.36. The maximum absolute atomic E-state index is 13.3. The van der Waals surface area contributed by atoms with Crippen LogP contribution in [0.4, 0.5) is 0 Å². The molecule has 144 valence electrons. The Balaban J connectivity index is 1.84. The number of amides is 1. The number of hydrogen-bond acceptors (Lipinski definition) is 3. The third-order valence-corrected chi connectivity index (χ3v) is 5.52. The van der Waals surface area contributed by atoms with Crippen LogP contribution in [0.2, 0.25) is 5.02 Å². The van der Waals surface area contributed by atoms with Crippen LogP contribution in [0.15, 0.2) is 48.5 Å². The minimum absolute atomic E-state index is 0.0529. The number of aromatic nitrogens is 1. The molecule has 1 amide bonds. The lowest BCUT2D eigenvalue weighted by Gasteiger charge is -2.19. The highest BCUT2D eigenvalue weighted by Gasteiger charge is 2.28. The van der Waals surface area contributed by atoms with Crippen LogP contribution in [-0.2, 0) is 6.42 Å². The first-order valence-corrected chi connectivity index (χ1v) is 9.97. The van der Waals surface area contributed by atoms with Crippen LogP contribution >= 0.6 is 11.6 Å². The molecule has 1 aliphatic rings. The molecule has 1 aromatic heterocycles. The zero-order chi connectivity index (χ0) is 20.4. The van der Waals surface area contributed by atoms with E-state index in [1.807, 2.05) is 48.5 Å². The van der Waals surface area contributed by atoms with E-state index in [0.29, 0.717) is 23.6 Å². The highest BCUT2D eigenvalue weighted by Crippen LogP contribution is 2.38. The van der Waals surface area contributed by atoms with Crippen molar-refractivity contribution >= 4 is 40.1 Å². The van der Waals surface area contributed by atoms with E-state index < -0.39 is 0 Å². The molecule has 1 aliphatic carbocycles. The summed E-state index contributed by atoms with van der Waals surface area (Å²) in [5.74, 6) is -0.0529. The van der Waals surface area contributed by atoms with Gasteiger partial charge in [-0.3, -0.25) is 4.79 Å². The highest BCUT2D eigenvalue weighted by molar-refractivity contribution is 6.30. The maximum Gasteiger partial charge on any atom is 0.254 e. The van der Waals surface area contributed by atoms with Crippen LogP contribution in [-0.4, -0.2) is 29.4 Å². The van der Waals surface area contributed by atoms with Crippen molar-refractivity contribution < 1.29 is 4.79 Å². The SMILES string of the molecule is CN(CCC#N)C(=O)c1c2c(nc3ccccc13)C(=Cc1ccc(Cl)cc1)CC2. The van der Waals surface area contributed by atoms with Gasteiger partial charge in [-0.2, -0.15) is 5.26 Å². The van der Waals surface area contributed by atoms with Crippen molar-refractivity contribution in [2.45, 2.75) is 19.3 Å². The molecular formula is C24H20ClN3O. The van der Waals surface area contributed by atoms with Crippen LogP contribution in [0.3, 0.4) is 0 Å². The van der Waals surface area contributed by atoms with E-state index in [1.165, 1.54) is 0 Å². The molecule has 0 bridgehead atoms. The average molecular weight is 402 g/mol. The zero-order valence-electron chi connectivity index (χ0n) is 16.2. The highest BCUT2D eigenvalue weighted by atomic mass is 35.5. The number of nitriles is 1. The topological polar surface area (TPSA) is 57.0 Å². The fourth-order valence-corrected chi connectivity index (χ4v) is 3.92. The minimum Gasteiger partial charge on any atom is -0.341 e. The lowest BCUT2D eigenvalue weighted by molar-refractivity contribution is 0.0799. The zero-order valence-corrected chi connectivity index (χ0v) is 16.9. The Kier molecular flexibility index (Phi) is 5.33. The van der Waals surface area contributed by atoms with Crippen molar-refractivity contribution in [2.24, 2.45) is 0 Å². The Hall–Kier alpha value is -3.16. The number of pyridine rings is 1. The third-order valence-electron chi connectivity index (χ3n) is 5.27. The largest absolute Gasteiger partial charge is 0.341 e.